The molecule has 2 N–H and O–H groups in total. The van der Waals surface area contributed by atoms with Crippen molar-refractivity contribution in [1.82, 2.24) is 5.32 Å². The van der Waals surface area contributed by atoms with E-state index in [1.54, 1.807) is 0 Å². The van der Waals surface area contributed by atoms with E-state index < -0.39 is 11.6 Å². The van der Waals surface area contributed by atoms with E-state index in [4.69, 9.17) is 0 Å². The van der Waals surface area contributed by atoms with Crippen molar-refractivity contribution in [3.63, 3.8) is 0 Å². The van der Waals surface area contributed by atoms with Gasteiger partial charge in [-0.1, -0.05) is 0 Å². The third-order valence-corrected chi connectivity index (χ3v) is 3.25. The number of nitrogens with one attached hydrogen (secondary N) is 2. The number of hydrogen-bond donors (Lipinski definition) is 2. The third-order valence-electron chi connectivity index (χ3n) is 2.64. The molecule has 0 unspecified atom stereocenters. The van der Waals surface area contributed by atoms with Gasteiger partial charge in [0.25, 0.3) is 0 Å². The molecule has 1 aliphatic rings. The Balaban J connectivity index is 2.12. The molecule has 1 amide bonds. The highest BCUT2D eigenvalue weighted by atomic mass is 79.9. The number of hydrogen-bond acceptors (Lipinski definition) is 2. The highest BCUT2D eigenvalue weighted by molar-refractivity contribution is 9.10. The average Bonchev–Trinajstić information content (AvgIpc) is 2.79. The van der Waals surface area contributed by atoms with Gasteiger partial charge in [-0.3, -0.25) is 4.79 Å². The van der Waals surface area contributed by atoms with E-state index in [9.17, 15) is 13.6 Å². The fourth-order valence-electron chi connectivity index (χ4n) is 1.75. The second-order valence-electron chi connectivity index (χ2n) is 3.88. The maximum atomic E-state index is 13.4. The topological polar surface area (TPSA) is 41.1 Å². The quantitative estimate of drug-likeness (QED) is 0.824. The molecule has 6 heteroatoms. The van der Waals surface area contributed by atoms with Crippen molar-refractivity contribution in [2.75, 3.05) is 11.9 Å². The lowest BCUT2D eigenvalue weighted by atomic mass is 10.2. The lowest BCUT2D eigenvalue weighted by Gasteiger charge is -2.12. The Bertz CT molecular complexity index is 447. The molecule has 0 aliphatic carbocycles. The molecule has 1 fully saturated rings. The van der Waals surface area contributed by atoms with Gasteiger partial charge in [0.15, 0.2) is 0 Å². The summed E-state index contributed by atoms with van der Waals surface area (Å²) in [6.45, 7) is 0.773. The predicted octanol–water partition coefficient (Wildman–Crippen LogP) is 2.42. The zero-order chi connectivity index (χ0) is 12.4. The Labute approximate surface area is 106 Å². The van der Waals surface area contributed by atoms with Gasteiger partial charge in [0.05, 0.1) is 16.2 Å². The van der Waals surface area contributed by atoms with Gasteiger partial charge in [-0.05, 0) is 41.4 Å². The SMILES string of the molecule is O=C(Nc1cc(F)c(Br)cc1F)[C@@H]1CCCN1. The second kappa shape index (κ2) is 5.10. The first kappa shape index (κ1) is 12.4. The summed E-state index contributed by atoms with van der Waals surface area (Å²) in [6, 6.07) is 1.64. The summed E-state index contributed by atoms with van der Waals surface area (Å²) in [5, 5.41) is 5.37. The van der Waals surface area contributed by atoms with E-state index in [0.29, 0.717) is 6.42 Å². The maximum Gasteiger partial charge on any atom is 0.241 e. The van der Waals surface area contributed by atoms with Crippen LogP contribution in [0.15, 0.2) is 16.6 Å². The van der Waals surface area contributed by atoms with Crippen molar-refractivity contribution in [2.45, 2.75) is 18.9 Å². The van der Waals surface area contributed by atoms with E-state index in [1.807, 2.05) is 0 Å². The van der Waals surface area contributed by atoms with Crippen molar-refractivity contribution in [2.24, 2.45) is 0 Å². The van der Waals surface area contributed by atoms with E-state index in [2.05, 4.69) is 26.6 Å². The number of benzene rings is 1. The normalized spacial score (nSPS) is 19.4. The van der Waals surface area contributed by atoms with Crippen LogP contribution in [-0.4, -0.2) is 18.5 Å². The van der Waals surface area contributed by atoms with Crippen molar-refractivity contribution in [3.05, 3.63) is 28.2 Å². The summed E-state index contributed by atoms with van der Waals surface area (Å²) in [7, 11) is 0. The number of carbonyl (C=O) groups excluding carboxylic acids is 1. The van der Waals surface area contributed by atoms with Crippen LogP contribution in [0.5, 0.6) is 0 Å². The standard InChI is InChI=1S/C11H11BrF2N2O/c12-6-4-8(14)10(5-7(6)13)16-11(17)9-2-1-3-15-9/h4-5,9,15H,1-3H2,(H,16,17)/t9-/m0/s1. The van der Waals surface area contributed by atoms with Gasteiger partial charge in [-0.2, -0.15) is 0 Å². The van der Waals surface area contributed by atoms with Crippen LogP contribution in [0.3, 0.4) is 0 Å². The molecule has 1 heterocycles. The van der Waals surface area contributed by atoms with E-state index >= 15 is 0 Å². The van der Waals surface area contributed by atoms with Gasteiger partial charge in [0.1, 0.15) is 11.6 Å². The summed E-state index contributed by atoms with van der Waals surface area (Å²) in [5.41, 5.74) is -0.135. The van der Waals surface area contributed by atoms with Crippen molar-refractivity contribution < 1.29 is 13.6 Å². The Morgan fingerprint density at radius 1 is 1.41 bits per heavy atom. The summed E-state index contributed by atoms with van der Waals surface area (Å²) in [5.74, 6) is -1.60. The highest BCUT2D eigenvalue weighted by Crippen LogP contribution is 2.23. The molecule has 0 bridgehead atoms. The van der Waals surface area contributed by atoms with Crippen LogP contribution < -0.4 is 10.6 Å². The first-order valence-corrected chi connectivity index (χ1v) is 6.06. The summed E-state index contributed by atoms with van der Waals surface area (Å²) >= 11 is 2.87. The Kier molecular flexibility index (Phi) is 3.73. The molecule has 2 rings (SSSR count). The summed E-state index contributed by atoms with van der Waals surface area (Å²) in [6.07, 6.45) is 1.63. The third kappa shape index (κ3) is 2.81. The van der Waals surface area contributed by atoms with Crippen LogP contribution in [0.4, 0.5) is 14.5 Å². The molecular weight excluding hydrogens is 294 g/mol. The van der Waals surface area contributed by atoms with Gasteiger partial charge >= 0.3 is 0 Å². The molecule has 92 valence electrons. The van der Waals surface area contributed by atoms with Gasteiger partial charge in [-0.15, -0.1) is 0 Å². The molecule has 0 aromatic heterocycles. The fourth-order valence-corrected chi connectivity index (χ4v) is 2.06. The summed E-state index contributed by atoms with van der Waals surface area (Å²) in [4.78, 5) is 11.7. The predicted molar refractivity (Wildman–Crippen MR) is 63.7 cm³/mol. The smallest absolute Gasteiger partial charge is 0.241 e. The van der Waals surface area contributed by atoms with Crippen molar-refractivity contribution in [3.8, 4) is 0 Å². The van der Waals surface area contributed by atoms with Gasteiger partial charge in [0.2, 0.25) is 5.91 Å². The van der Waals surface area contributed by atoms with E-state index in [-0.39, 0.29) is 22.1 Å². The molecule has 1 aromatic carbocycles. The van der Waals surface area contributed by atoms with Crippen LogP contribution in [0, 0.1) is 11.6 Å². The highest BCUT2D eigenvalue weighted by Gasteiger charge is 2.23. The molecule has 0 spiro atoms. The van der Waals surface area contributed by atoms with E-state index in [1.165, 1.54) is 0 Å². The van der Waals surface area contributed by atoms with Crippen LogP contribution in [0.1, 0.15) is 12.8 Å². The zero-order valence-electron chi connectivity index (χ0n) is 8.90. The number of amides is 1. The molecule has 3 nitrogen and oxygen atoms in total. The second-order valence-corrected chi connectivity index (χ2v) is 4.74. The molecule has 0 saturated carbocycles. The number of halogens is 3. The molecule has 1 atom stereocenters. The van der Waals surface area contributed by atoms with Gasteiger partial charge in [-0.25, -0.2) is 8.78 Å². The minimum absolute atomic E-state index is 0.0343. The molecule has 1 aliphatic heterocycles. The first-order chi connectivity index (χ1) is 8.08. The Hall–Kier alpha value is -1.01. The maximum absolute atomic E-state index is 13.4. The molecule has 1 aromatic rings. The largest absolute Gasteiger partial charge is 0.322 e. The Morgan fingerprint density at radius 2 is 2.18 bits per heavy atom. The zero-order valence-corrected chi connectivity index (χ0v) is 10.5. The number of carbonyl (C=O) groups is 1. The minimum Gasteiger partial charge on any atom is -0.322 e. The van der Waals surface area contributed by atoms with Crippen molar-refractivity contribution in [1.29, 1.82) is 0 Å². The molecular formula is C11H11BrF2N2O. The average molecular weight is 305 g/mol. The van der Waals surface area contributed by atoms with E-state index in [0.717, 1.165) is 25.1 Å². The molecule has 17 heavy (non-hydrogen) atoms. The number of anilines is 1. The fraction of sp³-hybridized carbons (Fsp3) is 0.364. The molecule has 1 saturated heterocycles. The monoisotopic (exact) mass is 304 g/mol. The first-order valence-electron chi connectivity index (χ1n) is 5.26. The van der Waals surface area contributed by atoms with Crippen LogP contribution in [-0.2, 0) is 4.79 Å². The number of rotatable bonds is 2. The van der Waals surface area contributed by atoms with Gasteiger partial charge < -0.3 is 10.6 Å². The van der Waals surface area contributed by atoms with Crippen LogP contribution in [0.2, 0.25) is 0 Å². The van der Waals surface area contributed by atoms with Crippen LogP contribution in [0.25, 0.3) is 0 Å². The summed E-state index contributed by atoms with van der Waals surface area (Å²) < 4.78 is 26.7. The lowest BCUT2D eigenvalue weighted by Crippen LogP contribution is -2.35. The van der Waals surface area contributed by atoms with Crippen molar-refractivity contribution >= 4 is 27.5 Å². The minimum atomic E-state index is -0.662. The van der Waals surface area contributed by atoms with Crippen LogP contribution >= 0.6 is 15.9 Å². The Morgan fingerprint density at radius 3 is 2.82 bits per heavy atom. The molecule has 0 radical (unpaired) electrons. The van der Waals surface area contributed by atoms with Gasteiger partial charge in [0, 0.05) is 6.07 Å². The lowest BCUT2D eigenvalue weighted by molar-refractivity contribution is -0.117.